The highest BCUT2D eigenvalue weighted by Crippen LogP contribution is 2.26. The van der Waals surface area contributed by atoms with E-state index in [2.05, 4.69) is 10.3 Å². The molecule has 1 amide bonds. The molecule has 3 N–H and O–H groups in total. The van der Waals surface area contributed by atoms with E-state index in [1.807, 2.05) is 0 Å². The largest absolute Gasteiger partial charge is 0.494 e. The summed E-state index contributed by atoms with van der Waals surface area (Å²) in [5, 5.41) is 2.76. The third-order valence-electron chi connectivity index (χ3n) is 2.42. The fourth-order valence-corrected chi connectivity index (χ4v) is 1.51. The first-order chi connectivity index (χ1) is 8.70. The minimum absolute atomic E-state index is 0.222. The first-order valence-electron chi connectivity index (χ1n) is 5.35. The van der Waals surface area contributed by atoms with Crippen LogP contribution < -0.4 is 15.8 Å². The van der Waals surface area contributed by atoms with Crippen molar-refractivity contribution < 1.29 is 9.53 Å². The average molecular weight is 243 g/mol. The second-order valence-electron chi connectivity index (χ2n) is 3.65. The van der Waals surface area contributed by atoms with E-state index in [-0.39, 0.29) is 5.91 Å². The highest BCUT2D eigenvalue weighted by Gasteiger charge is 2.09. The molecule has 0 saturated heterocycles. The zero-order valence-corrected chi connectivity index (χ0v) is 9.88. The molecule has 2 rings (SSSR count). The molecule has 1 aromatic carbocycles. The third kappa shape index (κ3) is 2.57. The van der Waals surface area contributed by atoms with Crippen LogP contribution in [-0.4, -0.2) is 18.0 Å². The molecule has 0 aliphatic rings. The predicted molar refractivity (Wildman–Crippen MR) is 69.6 cm³/mol. The Labute approximate surface area is 105 Å². The number of rotatable bonds is 3. The molecular weight excluding hydrogens is 230 g/mol. The van der Waals surface area contributed by atoms with Gasteiger partial charge in [-0.1, -0.05) is 0 Å². The maximum Gasteiger partial charge on any atom is 0.255 e. The number of methoxy groups -OCH3 is 1. The molecule has 1 heterocycles. The Hall–Kier alpha value is -2.56. The Morgan fingerprint density at radius 1 is 1.28 bits per heavy atom. The Morgan fingerprint density at radius 2 is 2.00 bits per heavy atom. The molecule has 2 aromatic rings. The lowest BCUT2D eigenvalue weighted by Crippen LogP contribution is -2.12. The molecular formula is C13H13N3O2. The number of aromatic nitrogens is 1. The van der Waals surface area contributed by atoms with Crippen molar-refractivity contribution in [3.05, 3.63) is 48.3 Å². The molecule has 0 atom stereocenters. The summed E-state index contributed by atoms with van der Waals surface area (Å²) in [6, 6.07) is 8.33. The summed E-state index contributed by atoms with van der Waals surface area (Å²) in [5.41, 5.74) is 7.33. The highest BCUT2D eigenvalue weighted by molar-refractivity contribution is 6.05. The average Bonchev–Trinajstić information content (AvgIpc) is 2.41. The van der Waals surface area contributed by atoms with E-state index in [4.69, 9.17) is 10.5 Å². The predicted octanol–water partition coefficient (Wildman–Crippen LogP) is 1.92. The summed E-state index contributed by atoms with van der Waals surface area (Å²) >= 11 is 0. The van der Waals surface area contributed by atoms with Crippen LogP contribution in [0.25, 0.3) is 0 Å². The van der Waals surface area contributed by atoms with Gasteiger partial charge in [-0.3, -0.25) is 9.78 Å². The molecule has 0 bridgehead atoms. The number of carbonyl (C=O) groups excluding carboxylic acids is 1. The normalized spacial score (nSPS) is 9.83. The molecule has 18 heavy (non-hydrogen) atoms. The Bertz CT molecular complexity index is 555. The number of nitrogens with one attached hydrogen (secondary N) is 1. The van der Waals surface area contributed by atoms with Gasteiger partial charge in [0, 0.05) is 29.7 Å². The van der Waals surface area contributed by atoms with Crippen LogP contribution in [0.3, 0.4) is 0 Å². The maximum absolute atomic E-state index is 11.9. The number of hydrogen-bond donors (Lipinski definition) is 2. The number of anilines is 2. The van der Waals surface area contributed by atoms with Crippen LogP contribution in [0.2, 0.25) is 0 Å². The first-order valence-corrected chi connectivity index (χ1v) is 5.35. The van der Waals surface area contributed by atoms with Crippen LogP contribution in [0, 0.1) is 0 Å². The van der Waals surface area contributed by atoms with Gasteiger partial charge >= 0.3 is 0 Å². The van der Waals surface area contributed by atoms with E-state index in [1.54, 1.807) is 42.7 Å². The van der Waals surface area contributed by atoms with E-state index < -0.39 is 0 Å². The van der Waals surface area contributed by atoms with Crippen molar-refractivity contribution in [2.45, 2.75) is 0 Å². The van der Waals surface area contributed by atoms with E-state index >= 15 is 0 Å². The number of pyridine rings is 1. The van der Waals surface area contributed by atoms with Crippen molar-refractivity contribution >= 4 is 17.3 Å². The number of amides is 1. The summed E-state index contributed by atoms with van der Waals surface area (Å²) < 4.78 is 5.16. The van der Waals surface area contributed by atoms with Gasteiger partial charge in [0.15, 0.2) is 0 Å². The summed E-state index contributed by atoms with van der Waals surface area (Å²) in [6.45, 7) is 0. The number of hydrogen-bond acceptors (Lipinski definition) is 4. The van der Waals surface area contributed by atoms with Crippen LogP contribution in [0.5, 0.6) is 5.75 Å². The van der Waals surface area contributed by atoms with Crippen molar-refractivity contribution in [3.63, 3.8) is 0 Å². The lowest BCUT2D eigenvalue weighted by Gasteiger charge is -2.10. The van der Waals surface area contributed by atoms with Gasteiger partial charge in [-0.15, -0.1) is 0 Å². The zero-order chi connectivity index (χ0) is 13.0. The minimum atomic E-state index is -0.222. The molecule has 0 aliphatic heterocycles. The molecule has 92 valence electrons. The maximum atomic E-state index is 11.9. The van der Waals surface area contributed by atoms with Crippen LogP contribution in [-0.2, 0) is 0 Å². The van der Waals surface area contributed by atoms with E-state index in [0.717, 1.165) is 0 Å². The van der Waals surface area contributed by atoms with Gasteiger partial charge in [0.2, 0.25) is 0 Å². The summed E-state index contributed by atoms with van der Waals surface area (Å²) in [7, 11) is 1.52. The van der Waals surface area contributed by atoms with Crippen LogP contribution in [0.4, 0.5) is 11.4 Å². The Balaban J connectivity index is 2.22. The quantitative estimate of drug-likeness (QED) is 0.807. The number of nitrogens with two attached hydrogens (primary N) is 1. The molecule has 0 saturated carbocycles. The topological polar surface area (TPSA) is 77.2 Å². The molecule has 0 radical (unpaired) electrons. The molecule has 5 heteroatoms. The smallest absolute Gasteiger partial charge is 0.255 e. The second-order valence-corrected chi connectivity index (χ2v) is 3.65. The number of benzene rings is 1. The second kappa shape index (κ2) is 5.18. The number of nitrogens with zero attached hydrogens (tertiary/aromatic N) is 1. The number of ether oxygens (including phenoxy) is 1. The number of carbonyl (C=O) groups is 1. The van der Waals surface area contributed by atoms with Crippen LogP contribution in [0.1, 0.15) is 10.4 Å². The monoisotopic (exact) mass is 243 g/mol. The molecule has 0 fully saturated rings. The van der Waals surface area contributed by atoms with Gasteiger partial charge in [0.05, 0.1) is 12.8 Å². The van der Waals surface area contributed by atoms with Gasteiger partial charge in [-0.25, -0.2) is 0 Å². The van der Waals surface area contributed by atoms with E-state index in [0.29, 0.717) is 22.7 Å². The van der Waals surface area contributed by atoms with Crippen molar-refractivity contribution in [1.29, 1.82) is 0 Å². The van der Waals surface area contributed by atoms with Gasteiger partial charge in [-0.2, -0.15) is 0 Å². The van der Waals surface area contributed by atoms with E-state index in [1.165, 1.54) is 7.11 Å². The van der Waals surface area contributed by atoms with Crippen LogP contribution >= 0.6 is 0 Å². The van der Waals surface area contributed by atoms with Gasteiger partial charge in [0.1, 0.15) is 5.75 Å². The fraction of sp³-hybridized carbons (Fsp3) is 0.0769. The standard InChI is InChI=1S/C13H13N3O2/c1-18-12-8-10(14)2-3-11(12)16-13(17)9-4-6-15-7-5-9/h2-8H,14H2,1H3,(H,16,17). The summed E-state index contributed by atoms with van der Waals surface area (Å²) in [4.78, 5) is 15.8. The van der Waals surface area contributed by atoms with Crippen molar-refractivity contribution in [1.82, 2.24) is 4.98 Å². The lowest BCUT2D eigenvalue weighted by molar-refractivity contribution is 0.102. The van der Waals surface area contributed by atoms with E-state index in [9.17, 15) is 4.79 Å². The van der Waals surface area contributed by atoms with Gasteiger partial charge < -0.3 is 15.8 Å². The fourth-order valence-electron chi connectivity index (χ4n) is 1.51. The summed E-state index contributed by atoms with van der Waals surface area (Å²) in [6.07, 6.45) is 3.13. The number of nitrogen functional groups attached to an aromatic ring is 1. The molecule has 0 spiro atoms. The molecule has 0 aliphatic carbocycles. The van der Waals surface area contributed by atoms with Crippen molar-refractivity contribution in [2.75, 3.05) is 18.2 Å². The van der Waals surface area contributed by atoms with Crippen LogP contribution in [0.15, 0.2) is 42.7 Å². The molecule has 0 unspecified atom stereocenters. The van der Waals surface area contributed by atoms with Crippen molar-refractivity contribution in [2.24, 2.45) is 0 Å². The van der Waals surface area contributed by atoms with Gasteiger partial charge in [-0.05, 0) is 24.3 Å². The van der Waals surface area contributed by atoms with Gasteiger partial charge in [0.25, 0.3) is 5.91 Å². The first kappa shape index (κ1) is 11.9. The highest BCUT2D eigenvalue weighted by atomic mass is 16.5. The Kier molecular flexibility index (Phi) is 3.43. The molecule has 5 nitrogen and oxygen atoms in total. The minimum Gasteiger partial charge on any atom is -0.494 e. The lowest BCUT2D eigenvalue weighted by atomic mass is 10.2. The zero-order valence-electron chi connectivity index (χ0n) is 9.88. The Morgan fingerprint density at radius 3 is 2.67 bits per heavy atom. The SMILES string of the molecule is COc1cc(N)ccc1NC(=O)c1ccncc1. The third-order valence-corrected chi connectivity index (χ3v) is 2.42. The van der Waals surface area contributed by atoms with Crippen molar-refractivity contribution in [3.8, 4) is 5.75 Å². The molecule has 1 aromatic heterocycles. The summed E-state index contributed by atoms with van der Waals surface area (Å²) in [5.74, 6) is 0.304.